The first-order valence-corrected chi connectivity index (χ1v) is 13.5. The highest BCUT2D eigenvalue weighted by Crippen LogP contribution is 2.59. The SMILES string of the molecule is C[C@]12CC/C(=N/O[C@@H]3CCNC3)CC1CCN[C@@H]1[C@@H]2CC[C@]2(C)C(=O)CC[C@@H]12.O=C(O)/C=C/C(=O)O. The average Bonchev–Trinajstić information content (AvgIpc) is 3.43. The van der Waals surface area contributed by atoms with Crippen LogP contribution in [0.1, 0.15) is 71.6 Å². The Hall–Kier alpha value is -2.26. The zero-order valence-electron chi connectivity index (χ0n) is 21.5. The minimum absolute atomic E-state index is 0.0607. The maximum Gasteiger partial charge on any atom is 0.328 e. The predicted molar refractivity (Wildman–Crippen MR) is 135 cm³/mol. The molecule has 5 fully saturated rings. The molecule has 5 aliphatic rings. The number of carbonyl (C=O) groups excluding carboxylic acids is 1. The molecule has 0 aromatic rings. The molecular weight excluding hydrogens is 462 g/mol. The number of rotatable bonds is 4. The van der Waals surface area contributed by atoms with E-state index in [2.05, 4.69) is 29.6 Å². The summed E-state index contributed by atoms with van der Waals surface area (Å²) < 4.78 is 0. The summed E-state index contributed by atoms with van der Waals surface area (Å²) in [5, 5.41) is 27.5. The Morgan fingerprint density at radius 3 is 2.42 bits per heavy atom. The first-order chi connectivity index (χ1) is 17.1. The van der Waals surface area contributed by atoms with E-state index < -0.39 is 11.9 Å². The van der Waals surface area contributed by atoms with Gasteiger partial charge in [0.2, 0.25) is 0 Å². The summed E-state index contributed by atoms with van der Waals surface area (Å²) >= 11 is 0. The molecule has 0 aromatic carbocycles. The van der Waals surface area contributed by atoms with E-state index in [-0.39, 0.29) is 11.5 Å². The molecule has 2 heterocycles. The lowest BCUT2D eigenvalue weighted by atomic mass is 9.52. The fourth-order valence-electron chi connectivity index (χ4n) is 7.61. The van der Waals surface area contributed by atoms with Crippen LogP contribution in [0.3, 0.4) is 0 Å². The van der Waals surface area contributed by atoms with Gasteiger partial charge in [0.15, 0.2) is 0 Å². The number of hydrogen-bond acceptors (Lipinski definition) is 7. The Kier molecular flexibility index (Phi) is 8.19. The van der Waals surface area contributed by atoms with Crippen LogP contribution >= 0.6 is 0 Å². The van der Waals surface area contributed by atoms with Gasteiger partial charge in [-0.15, -0.1) is 0 Å². The Labute approximate surface area is 213 Å². The van der Waals surface area contributed by atoms with Crippen molar-refractivity contribution in [3.63, 3.8) is 0 Å². The van der Waals surface area contributed by atoms with Crippen molar-refractivity contribution in [2.45, 2.75) is 83.8 Å². The van der Waals surface area contributed by atoms with Crippen molar-refractivity contribution in [2.24, 2.45) is 33.7 Å². The van der Waals surface area contributed by atoms with Crippen molar-refractivity contribution in [2.75, 3.05) is 19.6 Å². The Balaban J connectivity index is 0.000000331. The minimum Gasteiger partial charge on any atom is -0.478 e. The lowest BCUT2D eigenvalue weighted by molar-refractivity contribution is -0.134. The number of carbonyl (C=O) groups is 3. The van der Waals surface area contributed by atoms with E-state index >= 15 is 0 Å². The molecule has 0 spiro atoms. The van der Waals surface area contributed by atoms with Crippen LogP contribution < -0.4 is 10.6 Å². The lowest BCUT2D eigenvalue weighted by Gasteiger charge is -2.54. The summed E-state index contributed by atoms with van der Waals surface area (Å²) in [5.41, 5.74) is 1.59. The van der Waals surface area contributed by atoms with Gasteiger partial charge in [-0.25, -0.2) is 9.59 Å². The van der Waals surface area contributed by atoms with Gasteiger partial charge in [0, 0.05) is 43.0 Å². The second-order valence-corrected chi connectivity index (χ2v) is 11.7. The van der Waals surface area contributed by atoms with E-state index in [0.29, 0.717) is 47.1 Å². The summed E-state index contributed by atoms with van der Waals surface area (Å²) in [7, 11) is 0. The molecule has 3 aliphatic carbocycles. The third-order valence-electron chi connectivity index (χ3n) is 9.78. The zero-order chi connectivity index (χ0) is 25.9. The first kappa shape index (κ1) is 26.8. The Morgan fingerprint density at radius 2 is 1.75 bits per heavy atom. The van der Waals surface area contributed by atoms with Crippen molar-refractivity contribution in [3.8, 4) is 0 Å². The molecule has 0 aromatic heterocycles. The number of oxime groups is 1. The number of ketones is 1. The monoisotopic (exact) mass is 503 g/mol. The maximum absolute atomic E-state index is 12.6. The van der Waals surface area contributed by atoms with Crippen LogP contribution in [0.4, 0.5) is 0 Å². The quantitative estimate of drug-likeness (QED) is 0.339. The molecule has 1 unspecified atom stereocenters. The van der Waals surface area contributed by atoms with E-state index in [1.165, 1.54) is 25.0 Å². The summed E-state index contributed by atoms with van der Waals surface area (Å²) in [6.07, 6.45) is 11.3. The molecule has 4 N–H and O–H groups in total. The maximum atomic E-state index is 12.6. The smallest absolute Gasteiger partial charge is 0.328 e. The zero-order valence-corrected chi connectivity index (χ0v) is 21.5. The fourth-order valence-corrected chi connectivity index (χ4v) is 7.61. The van der Waals surface area contributed by atoms with Gasteiger partial charge in [-0.05, 0) is 81.2 Å². The number of hydrogen-bond donors (Lipinski definition) is 4. The highest BCUT2D eigenvalue weighted by molar-refractivity contribution is 5.89. The van der Waals surface area contributed by atoms with Crippen molar-refractivity contribution in [1.29, 1.82) is 0 Å². The molecule has 5 rings (SSSR count). The minimum atomic E-state index is -1.26. The van der Waals surface area contributed by atoms with Gasteiger partial charge in [0.25, 0.3) is 0 Å². The molecule has 0 radical (unpaired) electrons. The van der Waals surface area contributed by atoms with E-state index in [4.69, 9.17) is 15.1 Å². The molecule has 0 bridgehead atoms. The van der Waals surface area contributed by atoms with Gasteiger partial charge in [-0.2, -0.15) is 0 Å². The summed E-state index contributed by atoms with van der Waals surface area (Å²) in [6, 6.07) is 0.527. The number of nitrogens with one attached hydrogen (secondary N) is 2. The molecule has 7 atom stereocenters. The predicted octanol–water partition coefficient (Wildman–Crippen LogP) is 3.00. The number of fused-ring (bicyclic) bond motifs is 5. The molecule has 3 saturated carbocycles. The van der Waals surface area contributed by atoms with Crippen LogP contribution in [-0.2, 0) is 19.2 Å². The number of nitrogens with zero attached hydrogens (tertiary/aromatic N) is 1. The second-order valence-electron chi connectivity index (χ2n) is 11.7. The molecule has 200 valence electrons. The van der Waals surface area contributed by atoms with E-state index in [9.17, 15) is 14.4 Å². The second kappa shape index (κ2) is 11.0. The number of carboxylic acid groups (broad SMARTS) is 2. The Morgan fingerprint density at radius 1 is 1.00 bits per heavy atom. The molecule has 36 heavy (non-hydrogen) atoms. The lowest BCUT2D eigenvalue weighted by Crippen LogP contribution is -2.56. The molecule has 0 amide bonds. The van der Waals surface area contributed by atoms with E-state index in [0.717, 1.165) is 58.2 Å². The van der Waals surface area contributed by atoms with Gasteiger partial charge in [0.1, 0.15) is 11.9 Å². The third kappa shape index (κ3) is 5.52. The topological polar surface area (TPSA) is 137 Å². The van der Waals surface area contributed by atoms with Crippen LogP contribution in [0.25, 0.3) is 0 Å². The summed E-state index contributed by atoms with van der Waals surface area (Å²) in [6.45, 7) is 7.89. The van der Waals surface area contributed by atoms with Gasteiger partial charge < -0.3 is 25.7 Å². The molecular formula is C27H41N3O6. The molecule has 2 aliphatic heterocycles. The number of aliphatic carboxylic acids is 2. The largest absolute Gasteiger partial charge is 0.478 e. The van der Waals surface area contributed by atoms with E-state index in [1.807, 2.05) is 0 Å². The van der Waals surface area contributed by atoms with Crippen LogP contribution in [-0.4, -0.2) is 65.4 Å². The van der Waals surface area contributed by atoms with Crippen molar-refractivity contribution in [1.82, 2.24) is 10.6 Å². The molecule has 9 nitrogen and oxygen atoms in total. The third-order valence-corrected chi connectivity index (χ3v) is 9.78. The summed E-state index contributed by atoms with van der Waals surface area (Å²) in [4.78, 5) is 37.6. The fraction of sp³-hybridized carbons (Fsp3) is 0.778. The van der Waals surface area contributed by atoms with Crippen LogP contribution in [0.5, 0.6) is 0 Å². The number of Topliss-reactive ketones (excluding diaryl/α,β-unsaturated/α-hetero) is 1. The Bertz CT molecular complexity index is 897. The van der Waals surface area contributed by atoms with Gasteiger partial charge in [-0.1, -0.05) is 19.0 Å². The van der Waals surface area contributed by atoms with Crippen molar-refractivity contribution < 1.29 is 29.4 Å². The van der Waals surface area contributed by atoms with Crippen LogP contribution in [0.15, 0.2) is 17.3 Å². The van der Waals surface area contributed by atoms with Crippen molar-refractivity contribution in [3.05, 3.63) is 12.2 Å². The normalized spacial score (nSPS) is 41.0. The van der Waals surface area contributed by atoms with Crippen LogP contribution in [0.2, 0.25) is 0 Å². The number of carboxylic acids is 2. The molecule has 9 heteroatoms. The average molecular weight is 504 g/mol. The van der Waals surface area contributed by atoms with Gasteiger partial charge in [0.05, 0.1) is 5.71 Å². The molecule has 2 saturated heterocycles. The van der Waals surface area contributed by atoms with Gasteiger partial charge >= 0.3 is 11.9 Å². The standard InChI is InChI=1S/C23H37N3O2.C4H4O4/c1-22-9-5-16(26-28-17-8-11-24-14-17)13-15(22)7-12-25-21-18-3-4-20(27)23(18,2)10-6-19(21)22;5-3(6)1-2-4(7)8/h15,17-19,21,24-25H,3-14H2,1-2H3;1-2H,(H,5,6)(H,7,8)/b26-16-;2-1+/t15?,17-,18+,19+,21+,22+,23+;/m1./s1. The summed E-state index contributed by atoms with van der Waals surface area (Å²) in [5.74, 6) is -0.0533. The van der Waals surface area contributed by atoms with Gasteiger partial charge in [-0.3, -0.25) is 4.79 Å². The van der Waals surface area contributed by atoms with E-state index in [1.54, 1.807) is 0 Å². The highest BCUT2D eigenvalue weighted by atomic mass is 16.6. The first-order valence-electron chi connectivity index (χ1n) is 13.5. The van der Waals surface area contributed by atoms with Crippen molar-refractivity contribution >= 4 is 23.4 Å². The van der Waals surface area contributed by atoms with Crippen LogP contribution in [0, 0.1) is 28.6 Å². The highest BCUT2D eigenvalue weighted by Gasteiger charge is 2.59.